The van der Waals surface area contributed by atoms with Crippen LogP contribution >= 0.6 is 0 Å². The minimum Gasteiger partial charge on any atom is -0.303 e. The van der Waals surface area contributed by atoms with Crippen LogP contribution < -0.4 is 0 Å². The molecule has 1 heterocycles. The van der Waals surface area contributed by atoms with Crippen LogP contribution in [0.2, 0.25) is 0 Å². The number of hydrogen-bond donors (Lipinski definition) is 0. The Hall–Kier alpha value is -0.630. The Labute approximate surface area is 147 Å². The number of fused-ring (bicyclic) bond motifs is 4. The van der Waals surface area contributed by atoms with E-state index < -0.39 is 0 Å². The van der Waals surface area contributed by atoms with Crippen LogP contribution in [0.25, 0.3) is 0 Å². The molecule has 1 saturated heterocycles. The summed E-state index contributed by atoms with van der Waals surface area (Å²) in [4.78, 5) is 14.6. The monoisotopic (exact) mass is 327 g/mol. The van der Waals surface area contributed by atoms with Crippen LogP contribution in [0.15, 0.2) is 11.6 Å². The maximum atomic E-state index is 12.0. The fraction of sp³-hybridized carbons (Fsp3) is 0.864. The highest BCUT2D eigenvalue weighted by Crippen LogP contribution is 2.68. The van der Waals surface area contributed by atoms with Crippen LogP contribution in [-0.4, -0.2) is 30.3 Å². The lowest BCUT2D eigenvalue weighted by atomic mass is 9.47. The molecule has 0 radical (unpaired) electrons. The van der Waals surface area contributed by atoms with Gasteiger partial charge in [-0.05, 0) is 87.0 Å². The molecule has 0 aromatic carbocycles. The second-order valence-electron chi connectivity index (χ2n) is 10.1. The smallest absolute Gasteiger partial charge is 0.136 e. The lowest BCUT2D eigenvalue weighted by Gasteiger charge is -2.57. The van der Waals surface area contributed by atoms with Crippen LogP contribution in [0.4, 0.5) is 0 Å². The second kappa shape index (κ2) is 4.96. The van der Waals surface area contributed by atoms with Gasteiger partial charge in [-0.15, -0.1) is 0 Å². The average molecular weight is 328 g/mol. The molecule has 4 fully saturated rings. The van der Waals surface area contributed by atoms with Gasteiger partial charge in [-0.3, -0.25) is 4.79 Å². The van der Waals surface area contributed by atoms with E-state index in [9.17, 15) is 4.79 Å². The Balaban J connectivity index is 1.50. The zero-order valence-electron chi connectivity index (χ0n) is 15.7. The third-order valence-corrected chi connectivity index (χ3v) is 9.54. The number of nitrogens with zero attached hydrogens (tertiary/aromatic N) is 1. The number of rotatable bonds is 0. The first-order valence-electron chi connectivity index (χ1n) is 10.4. The minimum atomic E-state index is 0.340. The van der Waals surface area contributed by atoms with E-state index in [2.05, 4.69) is 31.9 Å². The van der Waals surface area contributed by atoms with Crippen molar-refractivity contribution >= 4 is 5.78 Å². The maximum Gasteiger partial charge on any atom is 0.136 e. The molecule has 4 aliphatic carbocycles. The van der Waals surface area contributed by atoms with Crippen molar-refractivity contribution in [2.24, 2.45) is 34.5 Å². The topological polar surface area (TPSA) is 20.3 Å². The first-order valence-corrected chi connectivity index (χ1v) is 10.4. The lowest BCUT2D eigenvalue weighted by molar-refractivity contribution is -0.122. The van der Waals surface area contributed by atoms with Gasteiger partial charge >= 0.3 is 0 Å². The fourth-order valence-electron chi connectivity index (χ4n) is 8.28. The molecule has 0 unspecified atom stereocenters. The van der Waals surface area contributed by atoms with E-state index in [4.69, 9.17) is 0 Å². The fourth-order valence-corrected chi connectivity index (χ4v) is 8.28. The summed E-state index contributed by atoms with van der Waals surface area (Å²) in [7, 11) is 2.35. The van der Waals surface area contributed by atoms with Crippen molar-refractivity contribution < 1.29 is 4.79 Å². The Morgan fingerprint density at radius 2 is 1.92 bits per heavy atom. The molecule has 1 aliphatic heterocycles. The predicted octanol–water partition coefficient (Wildman–Crippen LogP) is 4.45. The number of hydrogen-bond acceptors (Lipinski definition) is 2. The maximum absolute atomic E-state index is 12.0. The van der Waals surface area contributed by atoms with Crippen molar-refractivity contribution in [2.45, 2.75) is 71.3 Å². The van der Waals surface area contributed by atoms with E-state index in [1.165, 1.54) is 44.2 Å². The van der Waals surface area contributed by atoms with Crippen molar-refractivity contribution in [3.63, 3.8) is 0 Å². The molecule has 0 aromatic rings. The summed E-state index contributed by atoms with van der Waals surface area (Å²) >= 11 is 0. The standard InChI is InChI=1S/C22H33NO/c1-14-18-6-7-20-17-5-4-15-12-16(24)8-10-21(15,2)19(17)9-11-22(18,20)13-23(14)3/h4,14,17-20H,5-13H2,1-3H3/t14-,17+,18+,19-,20-,21-,22-/m0/s1. The molecule has 5 rings (SSSR count). The van der Waals surface area contributed by atoms with Crippen LogP contribution in [0.5, 0.6) is 0 Å². The molecule has 0 aromatic heterocycles. The van der Waals surface area contributed by atoms with E-state index in [0.717, 1.165) is 49.0 Å². The summed E-state index contributed by atoms with van der Waals surface area (Å²) in [5.41, 5.74) is 2.48. The molecule has 0 bridgehead atoms. The van der Waals surface area contributed by atoms with Crippen molar-refractivity contribution in [3.8, 4) is 0 Å². The molecule has 1 spiro atoms. The van der Waals surface area contributed by atoms with Gasteiger partial charge in [0, 0.05) is 25.4 Å². The quantitative estimate of drug-likeness (QED) is 0.613. The highest BCUT2D eigenvalue weighted by molar-refractivity contribution is 5.82. The Kier molecular flexibility index (Phi) is 3.23. The largest absolute Gasteiger partial charge is 0.303 e. The summed E-state index contributed by atoms with van der Waals surface area (Å²) in [5, 5.41) is 0. The Morgan fingerprint density at radius 1 is 1.12 bits per heavy atom. The minimum absolute atomic E-state index is 0.340. The Morgan fingerprint density at radius 3 is 2.75 bits per heavy atom. The molecule has 3 saturated carbocycles. The van der Waals surface area contributed by atoms with Crippen LogP contribution in [-0.2, 0) is 4.79 Å². The molecule has 7 atom stereocenters. The molecule has 2 nitrogen and oxygen atoms in total. The molecule has 0 N–H and O–H groups in total. The Bertz CT molecular complexity index is 609. The number of carbonyl (C=O) groups excluding carboxylic acids is 1. The van der Waals surface area contributed by atoms with Crippen LogP contribution in [0.3, 0.4) is 0 Å². The van der Waals surface area contributed by atoms with Gasteiger partial charge in [-0.25, -0.2) is 0 Å². The number of carbonyl (C=O) groups is 1. The van der Waals surface area contributed by atoms with Crippen LogP contribution in [0.1, 0.15) is 65.2 Å². The van der Waals surface area contributed by atoms with E-state index in [1.807, 2.05) is 0 Å². The average Bonchev–Trinajstić information content (AvgIpc) is 3.03. The van der Waals surface area contributed by atoms with Crippen molar-refractivity contribution in [1.29, 1.82) is 0 Å². The van der Waals surface area contributed by atoms with E-state index in [0.29, 0.717) is 16.6 Å². The zero-order chi connectivity index (χ0) is 16.7. The first-order chi connectivity index (χ1) is 11.5. The summed E-state index contributed by atoms with van der Waals surface area (Å²) in [6.45, 7) is 6.33. The van der Waals surface area contributed by atoms with Gasteiger partial charge in [0.05, 0.1) is 0 Å². The molecular formula is C22H33NO. The van der Waals surface area contributed by atoms with E-state index >= 15 is 0 Å². The number of likely N-dealkylation sites (tertiary alicyclic amines) is 1. The molecule has 24 heavy (non-hydrogen) atoms. The number of ketones is 1. The number of Topliss-reactive ketones (excluding diaryl/α,β-unsaturated/α-hetero) is 1. The molecular weight excluding hydrogens is 294 g/mol. The number of allylic oxidation sites excluding steroid dienone is 2. The summed E-state index contributed by atoms with van der Waals surface area (Å²) in [6, 6.07) is 0.782. The highest BCUT2D eigenvalue weighted by Gasteiger charge is 2.63. The zero-order valence-corrected chi connectivity index (χ0v) is 15.7. The summed E-state index contributed by atoms with van der Waals surface area (Å²) < 4.78 is 0. The van der Waals surface area contributed by atoms with Crippen LogP contribution in [0, 0.1) is 34.5 Å². The van der Waals surface area contributed by atoms with E-state index in [-0.39, 0.29) is 0 Å². The SMILES string of the molecule is C[C@H]1[C@H]2CC[C@H]3[C@@H]4CC=C5CC(=O)CC[C@]5(C)[C@H]4CC[C@]23CN1C. The van der Waals surface area contributed by atoms with Gasteiger partial charge in [0.25, 0.3) is 0 Å². The molecule has 5 aliphatic rings. The van der Waals surface area contributed by atoms with E-state index in [1.54, 1.807) is 0 Å². The predicted molar refractivity (Wildman–Crippen MR) is 96.6 cm³/mol. The molecule has 0 amide bonds. The first kappa shape index (κ1) is 15.6. The van der Waals surface area contributed by atoms with Crippen molar-refractivity contribution in [1.82, 2.24) is 4.90 Å². The summed E-state index contributed by atoms with van der Waals surface area (Å²) in [5.74, 6) is 4.11. The van der Waals surface area contributed by atoms with Gasteiger partial charge in [0.15, 0.2) is 0 Å². The van der Waals surface area contributed by atoms with Gasteiger partial charge in [0.2, 0.25) is 0 Å². The van der Waals surface area contributed by atoms with Crippen molar-refractivity contribution in [2.75, 3.05) is 13.6 Å². The summed E-state index contributed by atoms with van der Waals surface area (Å²) in [6.07, 6.45) is 12.3. The normalized spacial score (nSPS) is 53.9. The van der Waals surface area contributed by atoms with Gasteiger partial charge < -0.3 is 4.90 Å². The second-order valence-corrected chi connectivity index (χ2v) is 10.1. The molecule has 2 heteroatoms. The van der Waals surface area contributed by atoms with Gasteiger partial charge in [-0.1, -0.05) is 18.6 Å². The third-order valence-electron chi connectivity index (χ3n) is 9.54. The van der Waals surface area contributed by atoms with Gasteiger partial charge in [0.1, 0.15) is 5.78 Å². The highest BCUT2D eigenvalue weighted by atomic mass is 16.1. The molecule has 132 valence electrons. The van der Waals surface area contributed by atoms with Gasteiger partial charge in [-0.2, -0.15) is 0 Å². The third kappa shape index (κ3) is 1.79. The lowest BCUT2D eigenvalue weighted by Crippen LogP contribution is -2.51. The van der Waals surface area contributed by atoms with Crippen molar-refractivity contribution in [3.05, 3.63) is 11.6 Å².